The Hall–Kier alpha value is -4.17. The number of rotatable bonds is 2. The molecule has 0 aromatic heterocycles. The molecule has 0 nitrogen and oxygen atoms in total. The summed E-state index contributed by atoms with van der Waals surface area (Å²) in [5.41, 5.74) is 9.19. The fourth-order valence-electron chi connectivity index (χ4n) is 6.82. The van der Waals surface area contributed by atoms with Gasteiger partial charge in [-0.15, -0.1) is 104 Å². The molecule has 9 aromatic carbocycles. The third-order valence-electron chi connectivity index (χ3n) is 8.95. The van der Waals surface area contributed by atoms with E-state index in [2.05, 4.69) is 173 Å². The van der Waals surface area contributed by atoms with Gasteiger partial charge in [0.2, 0.25) is 0 Å². The molecular formula is C47H37Cl2SiZr-3. The van der Waals surface area contributed by atoms with E-state index in [9.17, 15) is 0 Å². The van der Waals surface area contributed by atoms with Gasteiger partial charge in [0.25, 0.3) is 0 Å². The number of halogens is 2. The third-order valence-corrected chi connectivity index (χ3v) is 8.95. The van der Waals surface area contributed by atoms with E-state index in [0.29, 0.717) is 0 Å². The maximum atomic E-state index is 3.72. The topological polar surface area (TPSA) is 0 Å². The van der Waals surface area contributed by atoms with Gasteiger partial charge >= 0.3 is 30.2 Å². The van der Waals surface area contributed by atoms with Crippen molar-refractivity contribution < 1.29 is 48.1 Å². The van der Waals surface area contributed by atoms with E-state index in [1.807, 2.05) is 30.3 Å². The normalized spacial score (nSPS) is 10.1. The molecule has 0 atom stereocenters. The molecule has 0 aliphatic carbocycles. The van der Waals surface area contributed by atoms with Crippen molar-refractivity contribution >= 4 is 50.0 Å². The van der Waals surface area contributed by atoms with Crippen molar-refractivity contribution in [1.82, 2.24) is 0 Å². The first-order valence-electron chi connectivity index (χ1n) is 16.5. The molecule has 250 valence electrons. The SMILES string of the molecule is Cc1[cH-]c2ccccc2c1-c1cccc2ccccc12.Cc1[cH-]c2ccccc2c1-c1cccc2ccccc12.[CH2-]c1ccccc1.[Cl-].[Cl-].[Si]=[Zr+2]. The molecule has 0 heterocycles. The zero-order chi connectivity index (χ0) is 34.2. The van der Waals surface area contributed by atoms with Crippen LogP contribution in [0.2, 0.25) is 0 Å². The van der Waals surface area contributed by atoms with Crippen LogP contribution in [-0.2, 0) is 23.3 Å². The first kappa shape index (κ1) is 39.6. The summed E-state index contributed by atoms with van der Waals surface area (Å²) in [5.74, 6) is 0. The molecule has 0 fully saturated rings. The van der Waals surface area contributed by atoms with Gasteiger partial charge < -0.3 is 24.8 Å². The maximum absolute atomic E-state index is 3.72. The van der Waals surface area contributed by atoms with Crippen LogP contribution in [0.4, 0.5) is 0 Å². The Labute approximate surface area is 331 Å². The predicted octanol–water partition coefficient (Wildman–Crippen LogP) is 6.87. The summed E-state index contributed by atoms with van der Waals surface area (Å²) in [6, 6.07) is 62.1. The molecule has 51 heavy (non-hydrogen) atoms. The van der Waals surface area contributed by atoms with Crippen LogP contribution in [0, 0.1) is 20.8 Å². The van der Waals surface area contributed by atoms with Gasteiger partial charge in [-0.25, -0.2) is 0 Å². The first-order valence-corrected chi connectivity index (χ1v) is 20.7. The summed E-state index contributed by atoms with van der Waals surface area (Å²) < 4.78 is 0. The van der Waals surface area contributed by atoms with Gasteiger partial charge in [0.05, 0.1) is 0 Å². The number of benzene rings is 7. The Bertz CT molecular complexity index is 2310. The predicted molar refractivity (Wildman–Crippen MR) is 211 cm³/mol. The second kappa shape index (κ2) is 18.9. The first-order chi connectivity index (χ1) is 24.1. The van der Waals surface area contributed by atoms with Crippen LogP contribution in [-0.4, -0.2) is 6.88 Å². The molecule has 0 aliphatic rings. The quantitative estimate of drug-likeness (QED) is 0.133. The van der Waals surface area contributed by atoms with Gasteiger partial charge in [-0.05, 0) is 21.5 Å². The van der Waals surface area contributed by atoms with E-state index >= 15 is 0 Å². The summed E-state index contributed by atoms with van der Waals surface area (Å²) >= 11 is 1.36. The summed E-state index contributed by atoms with van der Waals surface area (Å²) in [7, 11) is 0. The van der Waals surface area contributed by atoms with Crippen molar-refractivity contribution in [1.29, 1.82) is 0 Å². The van der Waals surface area contributed by atoms with Crippen LogP contribution in [0.15, 0.2) is 176 Å². The van der Waals surface area contributed by atoms with E-state index in [1.165, 1.54) is 99.8 Å². The fraction of sp³-hybridized carbons (Fsp3) is 0.0426. The van der Waals surface area contributed by atoms with Crippen molar-refractivity contribution in [2.45, 2.75) is 13.8 Å². The second-order valence-electron chi connectivity index (χ2n) is 12.1. The Morgan fingerprint density at radius 3 is 1.14 bits per heavy atom. The molecule has 0 N–H and O–H groups in total. The van der Waals surface area contributed by atoms with E-state index in [-0.39, 0.29) is 24.8 Å². The minimum atomic E-state index is 0. The summed E-state index contributed by atoms with van der Waals surface area (Å²) in [6.07, 6.45) is 0. The molecule has 0 saturated carbocycles. The molecule has 0 saturated heterocycles. The molecule has 0 spiro atoms. The number of hydrogen-bond donors (Lipinski definition) is 0. The van der Waals surface area contributed by atoms with Crippen molar-refractivity contribution in [2.75, 3.05) is 0 Å². The minimum absolute atomic E-state index is 0. The number of hydrogen-bond acceptors (Lipinski definition) is 0. The number of aryl methyl sites for hydroxylation is 2. The molecular weight excluding hydrogens is 755 g/mol. The van der Waals surface area contributed by atoms with E-state index in [1.54, 1.807) is 0 Å². The molecule has 0 amide bonds. The van der Waals surface area contributed by atoms with E-state index < -0.39 is 0 Å². The molecule has 0 unspecified atom stereocenters. The van der Waals surface area contributed by atoms with Gasteiger partial charge in [0.15, 0.2) is 0 Å². The zero-order valence-electron chi connectivity index (χ0n) is 28.7. The van der Waals surface area contributed by atoms with Crippen LogP contribution in [0.3, 0.4) is 0 Å². The second-order valence-corrected chi connectivity index (χ2v) is 12.1. The van der Waals surface area contributed by atoms with E-state index in [0.717, 1.165) is 5.56 Å². The monoisotopic (exact) mass is 789 g/mol. The van der Waals surface area contributed by atoms with Crippen LogP contribution in [0.25, 0.3) is 65.3 Å². The zero-order valence-corrected chi connectivity index (χ0v) is 33.7. The van der Waals surface area contributed by atoms with Gasteiger partial charge in [-0.2, -0.15) is 24.6 Å². The Kier molecular flexibility index (Phi) is 14.7. The average molecular weight is 792 g/mol. The van der Waals surface area contributed by atoms with Crippen molar-refractivity contribution in [3.8, 4) is 22.3 Å². The molecule has 2 radical (unpaired) electrons. The summed E-state index contributed by atoms with van der Waals surface area (Å²) in [6.45, 7) is 11.2. The van der Waals surface area contributed by atoms with Gasteiger partial charge in [-0.3, -0.25) is 0 Å². The molecule has 4 heteroatoms. The van der Waals surface area contributed by atoms with Gasteiger partial charge in [0, 0.05) is 0 Å². The molecule has 0 bridgehead atoms. The summed E-state index contributed by atoms with van der Waals surface area (Å²) in [5, 5.41) is 10.6. The average Bonchev–Trinajstić information content (AvgIpc) is 3.67. The summed E-state index contributed by atoms with van der Waals surface area (Å²) in [4.78, 5) is 0. The molecule has 9 aromatic rings. The van der Waals surface area contributed by atoms with Crippen LogP contribution < -0.4 is 24.8 Å². The van der Waals surface area contributed by atoms with Gasteiger partial charge in [0.1, 0.15) is 0 Å². The van der Waals surface area contributed by atoms with Crippen molar-refractivity contribution in [3.05, 3.63) is 200 Å². The van der Waals surface area contributed by atoms with E-state index in [4.69, 9.17) is 0 Å². The Morgan fingerprint density at radius 2 is 0.745 bits per heavy atom. The number of fused-ring (bicyclic) bond motifs is 4. The standard InChI is InChI=1S/2C20H15.C7H7.2ClH.Si.Zr/c2*1-14-13-16-8-3-5-11-18(16)20(14)19-12-6-9-15-7-2-4-10-17(15)19;1-7-5-3-2-4-6-7;;;;/h2*2-13H,1H3;2-6H,1H2;2*1H;;/q3*-1;;;;+2/p-2. The molecule has 0 aliphatic heterocycles. The van der Waals surface area contributed by atoms with Crippen molar-refractivity contribution in [3.63, 3.8) is 0 Å². The third kappa shape index (κ3) is 8.83. The van der Waals surface area contributed by atoms with Crippen molar-refractivity contribution in [2.24, 2.45) is 0 Å². The molecule has 9 rings (SSSR count). The Morgan fingerprint density at radius 1 is 0.412 bits per heavy atom. The fourth-order valence-corrected chi connectivity index (χ4v) is 6.82. The van der Waals surface area contributed by atoms with Crippen LogP contribution in [0.5, 0.6) is 0 Å². The van der Waals surface area contributed by atoms with Crippen LogP contribution in [0.1, 0.15) is 16.7 Å². The van der Waals surface area contributed by atoms with Crippen LogP contribution >= 0.6 is 0 Å². The Balaban J connectivity index is 0.000000180. The van der Waals surface area contributed by atoms with Gasteiger partial charge in [-0.1, -0.05) is 128 Å².